The molecule has 1 rings (SSSR count). The van der Waals surface area contributed by atoms with Gasteiger partial charge in [-0.1, -0.05) is 0 Å². The van der Waals surface area contributed by atoms with Gasteiger partial charge in [0, 0.05) is 32.8 Å². The standard InChI is InChI=1S/C11H24N2O2/c1-2-15-11-3-6-13(7-4-11)8-10-14-9-5-12/h11H,2-10,12H2,1H3. The van der Waals surface area contributed by atoms with E-state index in [0.717, 1.165) is 45.7 Å². The van der Waals surface area contributed by atoms with E-state index in [0.29, 0.717) is 19.3 Å². The molecule has 0 bridgehead atoms. The van der Waals surface area contributed by atoms with Gasteiger partial charge in [-0.2, -0.15) is 0 Å². The van der Waals surface area contributed by atoms with Gasteiger partial charge >= 0.3 is 0 Å². The molecule has 1 heterocycles. The van der Waals surface area contributed by atoms with E-state index in [1.54, 1.807) is 0 Å². The molecule has 1 aliphatic heterocycles. The molecule has 0 aromatic carbocycles. The van der Waals surface area contributed by atoms with Crippen LogP contribution in [0.25, 0.3) is 0 Å². The number of hydrogen-bond acceptors (Lipinski definition) is 4. The topological polar surface area (TPSA) is 47.7 Å². The molecule has 15 heavy (non-hydrogen) atoms. The van der Waals surface area contributed by atoms with Crippen molar-refractivity contribution in [3.8, 4) is 0 Å². The van der Waals surface area contributed by atoms with Crippen LogP contribution in [0, 0.1) is 0 Å². The van der Waals surface area contributed by atoms with Crippen molar-refractivity contribution in [2.24, 2.45) is 5.73 Å². The molecule has 2 N–H and O–H groups in total. The molecule has 0 atom stereocenters. The van der Waals surface area contributed by atoms with Crippen molar-refractivity contribution in [1.29, 1.82) is 0 Å². The van der Waals surface area contributed by atoms with Crippen molar-refractivity contribution in [3.05, 3.63) is 0 Å². The first-order valence-corrected chi connectivity index (χ1v) is 5.98. The van der Waals surface area contributed by atoms with Gasteiger partial charge in [-0.15, -0.1) is 0 Å². The van der Waals surface area contributed by atoms with Gasteiger partial charge in [-0.3, -0.25) is 0 Å². The second-order valence-corrected chi connectivity index (χ2v) is 3.90. The maximum atomic E-state index is 5.60. The normalized spacial score (nSPS) is 19.6. The van der Waals surface area contributed by atoms with E-state index in [1.807, 2.05) is 0 Å². The average Bonchev–Trinajstić information content (AvgIpc) is 2.27. The molecule has 0 amide bonds. The number of piperidine rings is 1. The highest BCUT2D eigenvalue weighted by Crippen LogP contribution is 2.12. The minimum absolute atomic E-state index is 0.483. The minimum Gasteiger partial charge on any atom is -0.379 e. The van der Waals surface area contributed by atoms with Crippen LogP contribution in [-0.2, 0) is 9.47 Å². The first kappa shape index (κ1) is 12.9. The molecule has 0 aliphatic carbocycles. The minimum atomic E-state index is 0.483. The summed E-state index contributed by atoms with van der Waals surface area (Å²) in [7, 11) is 0. The Hall–Kier alpha value is -0.160. The van der Waals surface area contributed by atoms with Crippen molar-refractivity contribution in [2.45, 2.75) is 25.9 Å². The molecule has 4 heteroatoms. The van der Waals surface area contributed by atoms with Crippen LogP contribution in [0.1, 0.15) is 19.8 Å². The van der Waals surface area contributed by atoms with E-state index in [1.165, 1.54) is 0 Å². The Morgan fingerprint density at radius 3 is 2.60 bits per heavy atom. The fraction of sp³-hybridized carbons (Fsp3) is 1.00. The summed E-state index contributed by atoms with van der Waals surface area (Å²) in [5.41, 5.74) is 5.34. The van der Waals surface area contributed by atoms with Gasteiger partial charge in [-0.05, 0) is 19.8 Å². The van der Waals surface area contributed by atoms with Gasteiger partial charge in [0.05, 0.1) is 19.3 Å². The lowest BCUT2D eigenvalue weighted by Crippen LogP contribution is -2.38. The highest BCUT2D eigenvalue weighted by molar-refractivity contribution is 4.72. The number of nitrogens with two attached hydrogens (primary N) is 1. The van der Waals surface area contributed by atoms with Gasteiger partial charge in [-0.25, -0.2) is 0 Å². The van der Waals surface area contributed by atoms with Gasteiger partial charge in [0.2, 0.25) is 0 Å². The van der Waals surface area contributed by atoms with E-state index in [9.17, 15) is 0 Å². The highest BCUT2D eigenvalue weighted by Gasteiger charge is 2.18. The van der Waals surface area contributed by atoms with Crippen LogP contribution >= 0.6 is 0 Å². The first-order valence-electron chi connectivity index (χ1n) is 5.98. The second-order valence-electron chi connectivity index (χ2n) is 3.90. The summed E-state index contributed by atoms with van der Waals surface area (Å²) < 4.78 is 11.0. The SMILES string of the molecule is CCOC1CCN(CCOCCN)CC1. The zero-order chi connectivity index (χ0) is 10.9. The summed E-state index contributed by atoms with van der Waals surface area (Å²) in [6.07, 6.45) is 2.80. The Balaban J connectivity index is 1.99. The van der Waals surface area contributed by atoms with E-state index < -0.39 is 0 Å². The van der Waals surface area contributed by atoms with Crippen LogP contribution in [0.15, 0.2) is 0 Å². The molecule has 1 fully saturated rings. The maximum absolute atomic E-state index is 5.60. The number of nitrogens with zero attached hydrogens (tertiary/aromatic N) is 1. The predicted molar refractivity (Wildman–Crippen MR) is 61.0 cm³/mol. The van der Waals surface area contributed by atoms with Crippen LogP contribution in [-0.4, -0.2) is 57.0 Å². The largest absolute Gasteiger partial charge is 0.379 e. The van der Waals surface area contributed by atoms with E-state index in [4.69, 9.17) is 15.2 Å². The third-order valence-corrected chi connectivity index (χ3v) is 2.75. The third kappa shape index (κ3) is 5.47. The molecule has 4 nitrogen and oxygen atoms in total. The van der Waals surface area contributed by atoms with Crippen LogP contribution in [0.5, 0.6) is 0 Å². The van der Waals surface area contributed by atoms with Crippen molar-refractivity contribution < 1.29 is 9.47 Å². The zero-order valence-corrected chi connectivity index (χ0v) is 9.78. The van der Waals surface area contributed by atoms with Crippen molar-refractivity contribution in [1.82, 2.24) is 4.90 Å². The summed E-state index contributed by atoms with van der Waals surface area (Å²) in [4.78, 5) is 2.44. The Bertz CT molecular complexity index is 145. The highest BCUT2D eigenvalue weighted by atomic mass is 16.5. The summed E-state index contributed by atoms with van der Waals surface area (Å²) in [5, 5.41) is 0. The Morgan fingerprint density at radius 1 is 1.27 bits per heavy atom. The molecule has 0 saturated carbocycles. The lowest BCUT2D eigenvalue weighted by atomic mass is 10.1. The molecule has 0 aromatic rings. The van der Waals surface area contributed by atoms with Crippen molar-refractivity contribution in [3.63, 3.8) is 0 Å². The fourth-order valence-corrected chi connectivity index (χ4v) is 1.91. The number of likely N-dealkylation sites (tertiary alicyclic amines) is 1. The van der Waals surface area contributed by atoms with Crippen LogP contribution in [0.3, 0.4) is 0 Å². The second kappa shape index (κ2) is 8.05. The summed E-state index contributed by atoms with van der Waals surface area (Å²) >= 11 is 0. The van der Waals surface area contributed by atoms with Crippen molar-refractivity contribution in [2.75, 3.05) is 46.0 Å². The molecule has 0 spiro atoms. The Morgan fingerprint density at radius 2 is 2.00 bits per heavy atom. The summed E-state index contributed by atoms with van der Waals surface area (Å²) in [5.74, 6) is 0. The maximum Gasteiger partial charge on any atom is 0.0599 e. The van der Waals surface area contributed by atoms with Gasteiger partial charge in [0.25, 0.3) is 0 Å². The Labute approximate surface area is 92.7 Å². The lowest BCUT2D eigenvalue weighted by Gasteiger charge is -2.31. The number of rotatable bonds is 7. The molecule has 1 aliphatic rings. The quantitative estimate of drug-likeness (QED) is 0.628. The molecular formula is C11H24N2O2. The average molecular weight is 216 g/mol. The summed E-state index contributed by atoms with van der Waals surface area (Å²) in [6, 6.07) is 0. The predicted octanol–water partition coefficient (Wildman–Crippen LogP) is 0.463. The van der Waals surface area contributed by atoms with E-state index in [2.05, 4.69) is 11.8 Å². The Kier molecular flexibility index (Phi) is 6.92. The first-order chi connectivity index (χ1) is 7.36. The zero-order valence-electron chi connectivity index (χ0n) is 9.78. The monoisotopic (exact) mass is 216 g/mol. The molecular weight excluding hydrogens is 192 g/mol. The van der Waals surface area contributed by atoms with Gasteiger partial charge in [0.1, 0.15) is 0 Å². The molecule has 90 valence electrons. The summed E-state index contributed by atoms with van der Waals surface area (Å²) in [6.45, 7) is 8.29. The lowest BCUT2D eigenvalue weighted by molar-refractivity contribution is 0.00721. The molecule has 1 saturated heterocycles. The molecule has 0 unspecified atom stereocenters. The van der Waals surface area contributed by atoms with Crippen LogP contribution in [0.2, 0.25) is 0 Å². The van der Waals surface area contributed by atoms with Gasteiger partial charge in [0.15, 0.2) is 0 Å². The third-order valence-electron chi connectivity index (χ3n) is 2.75. The number of hydrogen-bond donors (Lipinski definition) is 1. The molecule has 0 radical (unpaired) electrons. The van der Waals surface area contributed by atoms with E-state index in [-0.39, 0.29) is 0 Å². The smallest absolute Gasteiger partial charge is 0.0599 e. The molecule has 0 aromatic heterocycles. The van der Waals surface area contributed by atoms with Crippen molar-refractivity contribution >= 4 is 0 Å². The van der Waals surface area contributed by atoms with Crippen LogP contribution in [0.4, 0.5) is 0 Å². The van der Waals surface area contributed by atoms with Gasteiger partial charge < -0.3 is 20.1 Å². The van der Waals surface area contributed by atoms with E-state index >= 15 is 0 Å². The van der Waals surface area contributed by atoms with Crippen LogP contribution < -0.4 is 5.73 Å². The number of ether oxygens (including phenoxy) is 2. The fourth-order valence-electron chi connectivity index (χ4n) is 1.91.